The summed E-state index contributed by atoms with van der Waals surface area (Å²) < 4.78 is 12.3. The Labute approximate surface area is 180 Å². The molecule has 3 heterocycles. The monoisotopic (exact) mass is 429 g/mol. The van der Waals surface area contributed by atoms with Gasteiger partial charge in [-0.2, -0.15) is 0 Å². The van der Waals surface area contributed by atoms with Crippen molar-refractivity contribution in [2.75, 3.05) is 5.43 Å². The number of para-hydroxylation sites is 1. The normalized spacial score (nSPS) is 10.8. The molecule has 2 aromatic carbocycles. The Hall–Kier alpha value is -4.17. The van der Waals surface area contributed by atoms with Crippen LogP contribution in [0.5, 0.6) is 11.5 Å². The lowest BCUT2D eigenvalue weighted by Crippen LogP contribution is -2.33. The van der Waals surface area contributed by atoms with Gasteiger partial charge < -0.3 is 9.15 Å². The second kappa shape index (κ2) is 7.92. The minimum absolute atomic E-state index is 0.344. The molecule has 0 unspecified atom stereocenters. The predicted molar refractivity (Wildman–Crippen MR) is 118 cm³/mol. The topological polar surface area (TPSA) is 86.4 Å². The molecule has 0 radical (unpaired) electrons. The van der Waals surface area contributed by atoms with E-state index in [2.05, 4.69) is 10.4 Å². The molecule has 7 nitrogen and oxygen atoms in total. The first-order valence-corrected chi connectivity index (χ1v) is 10.2. The lowest BCUT2D eigenvalue weighted by molar-refractivity contribution is 0.101. The molecule has 0 saturated heterocycles. The number of fused-ring (bicyclic) bond motifs is 1. The fraction of sp³-hybridized carbons (Fsp3) is 0. The van der Waals surface area contributed by atoms with Gasteiger partial charge in [0.25, 0.3) is 11.5 Å². The van der Waals surface area contributed by atoms with Crippen LogP contribution in [0.4, 0.5) is 0 Å². The summed E-state index contributed by atoms with van der Waals surface area (Å²) in [4.78, 5) is 30.7. The first kappa shape index (κ1) is 18.8. The molecule has 0 spiro atoms. The third-order valence-corrected chi connectivity index (χ3v) is 5.46. The van der Waals surface area contributed by atoms with Crippen LogP contribution in [0.15, 0.2) is 93.9 Å². The van der Waals surface area contributed by atoms with E-state index in [0.717, 1.165) is 4.68 Å². The van der Waals surface area contributed by atoms with Crippen LogP contribution in [0.25, 0.3) is 21.5 Å². The molecule has 3 aromatic heterocycles. The van der Waals surface area contributed by atoms with Gasteiger partial charge in [-0.1, -0.05) is 24.3 Å². The summed E-state index contributed by atoms with van der Waals surface area (Å²) in [5.74, 6) is 1.28. The largest absolute Gasteiger partial charge is 0.464 e. The molecule has 5 rings (SSSR count). The lowest BCUT2D eigenvalue weighted by atomic mass is 10.2. The van der Waals surface area contributed by atoms with Crippen molar-refractivity contribution in [3.8, 4) is 22.8 Å². The van der Waals surface area contributed by atoms with Crippen LogP contribution < -0.4 is 15.7 Å². The van der Waals surface area contributed by atoms with Crippen LogP contribution in [0, 0.1) is 0 Å². The maximum absolute atomic E-state index is 13.0. The van der Waals surface area contributed by atoms with Crippen LogP contribution in [-0.2, 0) is 0 Å². The van der Waals surface area contributed by atoms with Crippen LogP contribution in [0.2, 0.25) is 0 Å². The third-order valence-electron chi connectivity index (χ3n) is 4.58. The summed E-state index contributed by atoms with van der Waals surface area (Å²) in [6.07, 6.45) is 2.84. The van der Waals surface area contributed by atoms with E-state index in [1.54, 1.807) is 42.7 Å². The minimum Gasteiger partial charge on any atom is -0.464 e. The summed E-state index contributed by atoms with van der Waals surface area (Å²) in [5.41, 5.74) is 3.19. The molecule has 0 aliphatic carbocycles. The van der Waals surface area contributed by atoms with Gasteiger partial charge in [-0.25, -0.2) is 9.66 Å². The van der Waals surface area contributed by atoms with Crippen molar-refractivity contribution in [3.63, 3.8) is 0 Å². The van der Waals surface area contributed by atoms with Crippen LogP contribution in [0.1, 0.15) is 10.4 Å². The van der Waals surface area contributed by atoms with E-state index in [4.69, 9.17) is 9.15 Å². The number of carbonyl (C=O) groups is 1. The molecule has 0 atom stereocenters. The van der Waals surface area contributed by atoms with Crippen molar-refractivity contribution < 1.29 is 13.9 Å². The van der Waals surface area contributed by atoms with E-state index in [1.807, 2.05) is 35.7 Å². The molecule has 0 aliphatic heterocycles. The number of nitrogens with one attached hydrogen (secondary N) is 1. The molecule has 0 saturated carbocycles. The van der Waals surface area contributed by atoms with Crippen LogP contribution in [-0.4, -0.2) is 15.6 Å². The van der Waals surface area contributed by atoms with Crippen LogP contribution >= 0.6 is 11.3 Å². The fourth-order valence-corrected chi connectivity index (χ4v) is 4.01. The zero-order chi connectivity index (χ0) is 21.2. The van der Waals surface area contributed by atoms with Gasteiger partial charge in [0.05, 0.1) is 11.6 Å². The summed E-state index contributed by atoms with van der Waals surface area (Å²) in [7, 11) is 0. The summed E-state index contributed by atoms with van der Waals surface area (Å²) in [5, 5.41) is 2.21. The summed E-state index contributed by atoms with van der Waals surface area (Å²) in [6, 6.07) is 19.5. The second-order valence-electron chi connectivity index (χ2n) is 6.61. The summed E-state index contributed by atoms with van der Waals surface area (Å²) >= 11 is 1.34. The highest BCUT2D eigenvalue weighted by atomic mass is 32.1. The van der Waals surface area contributed by atoms with Crippen molar-refractivity contribution in [1.29, 1.82) is 0 Å². The van der Waals surface area contributed by atoms with Gasteiger partial charge in [0, 0.05) is 16.5 Å². The average molecular weight is 429 g/mol. The smallest absolute Gasteiger partial charge is 0.281 e. The molecule has 8 heteroatoms. The van der Waals surface area contributed by atoms with Gasteiger partial charge in [0.2, 0.25) is 0 Å². The van der Waals surface area contributed by atoms with Gasteiger partial charge in [-0.3, -0.25) is 15.0 Å². The molecule has 31 heavy (non-hydrogen) atoms. The molecule has 5 aromatic rings. The number of nitrogens with zero attached hydrogens (tertiary/aromatic N) is 2. The predicted octanol–water partition coefficient (Wildman–Crippen LogP) is 4.89. The zero-order valence-electron chi connectivity index (χ0n) is 16.0. The number of benzene rings is 2. The molecule has 1 N–H and O–H groups in total. The molecule has 0 aliphatic rings. The highest BCUT2D eigenvalue weighted by Gasteiger charge is 2.16. The summed E-state index contributed by atoms with van der Waals surface area (Å²) in [6.45, 7) is 0. The van der Waals surface area contributed by atoms with E-state index < -0.39 is 5.91 Å². The Morgan fingerprint density at radius 1 is 1.03 bits per heavy atom. The number of carbonyl (C=O) groups excluding carboxylic acids is 1. The van der Waals surface area contributed by atoms with E-state index in [0.29, 0.717) is 38.6 Å². The number of ether oxygens (including phenoxy) is 1. The zero-order valence-corrected chi connectivity index (χ0v) is 16.8. The van der Waals surface area contributed by atoms with Crippen molar-refractivity contribution in [2.45, 2.75) is 0 Å². The van der Waals surface area contributed by atoms with E-state index in [1.165, 1.54) is 17.7 Å². The average Bonchev–Trinajstić information content (AvgIpc) is 3.46. The molecular formula is C23H15N3O4S. The molecule has 1 amide bonds. The van der Waals surface area contributed by atoms with Crippen molar-refractivity contribution in [2.24, 2.45) is 0 Å². The van der Waals surface area contributed by atoms with Crippen molar-refractivity contribution in [1.82, 2.24) is 9.66 Å². The number of aromatic nitrogens is 2. The van der Waals surface area contributed by atoms with Gasteiger partial charge in [-0.05, 0) is 42.5 Å². The Bertz CT molecular complexity index is 1420. The molecular weight excluding hydrogens is 414 g/mol. The highest BCUT2D eigenvalue weighted by Crippen LogP contribution is 2.30. The SMILES string of the molecule is O=C(Nn1cnc2scc(-c3ccco3)c2c1=O)c1cccc(Oc2ccccc2)c1. The van der Waals surface area contributed by atoms with E-state index >= 15 is 0 Å². The first-order valence-electron chi connectivity index (χ1n) is 9.36. The molecule has 0 bridgehead atoms. The number of thiophene rings is 1. The van der Waals surface area contributed by atoms with Gasteiger partial charge >= 0.3 is 0 Å². The standard InChI is InChI=1S/C23H15N3O4S/c27-21(15-6-4-9-17(12-15)30-16-7-2-1-3-8-16)25-26-14-24-22-20(23(26)28)18(13-31-22)19-10-5-11-29-19/h1-14H,(H,25,27). The number of furan rings is 1. The van der Waals surface area contributed by atoms with Gasteiger partial charge in [-0.15, -0.1) is 11.3 Å². The third kappa shape index (κ3) is 3.72. The Morgan fingerprint density at radius 2 is 1.87 bits per heavy atom. The quantitative estimate of drug-likeness (QED) is 0.430. The van der Waals surface area contributed by atoms with Gasteiger partial charge in [0.1, 0.15) is 28.4 Å². The first-order chi connectivity index (χ1) is 15.2. The second-order valence-corrected chi connectivity index (χ2v) is 7.47. The lowest BCUT2D eigenvalue weighted by Gasteiger charge is -2.10. The van der Waals surface area contributed by atoms with Crippen molar-refractivity contribution >= 4 is 27.5 Å². The number of hydrogen-bond donors (Lipinski definition) is 1. The highest BCUT2D eigenvalue weighted by molar-refractivity contribution is 7.17. The molecule has 152 valence electrons. The number of amides is 1. The maximum atomic E-state index is 13.0. The van der Waals surface area contributed by atoms with Gasteiger partial charge in [0.15, 0.2) is 0 Å². The molecule has 0 fully saturated rings. The maximum Gasteiger partial charge on any atom is 0.281 e. The fourth-order valence-electron chi connectivity index (χ4n) is 3.12. The Kier molecular flexibility index (Phi) is 4.81. The van der Waals surface area contributed by atoms with Crippen molar-refractivity contribution in [3.05, 3.63) is 101 Å². The Balaban J connectivity index is 1.43. The number of rotatable bonds is 5. The van der Waals surface area contributed by atoms with E-state index in [9.17, 15) is 9.59 Å². The minimum atomic E-state index is -0.462. The van der Waals surface area contributed by atoms with Crippen LogP contribution in [0.3, 0.4) is 0 Å². The number of hydrogen-bond acceptors (Lipinski definition) is 6. The van der Waals surface area contributed by atoms with E-state index in [-0.39, 0.29) is 5.56 Å². The Morgan fingerprint density at radius 3 is 2.68 bits per heavy atom.